The van der Waals surface area contributed by atoms with E-state index in [4.69, 9.17) is 4.74 Å². The summed E-state index contributed by atoms with van der Waals surface area (Å²) in [4.78, 5) is 0. The van der Waals surface area contributed by atoms with E-state index in [0.29, 0.717) is 12.2 Å². The molecule has 1 aliphatic rings. The molecule has 1 fully saturated rings. The molecule has 2 unspecified atom stereocenters. The first-order valence-corrected chi connectivity index (χ1v) is 6.60. The molecule has 2 nitrogen and oxygen atoms in total. The first-order valence-electron chi connectivity index (χ1n) is 5.80. The normalized spacial score (nSPS) is 24.7. The highest BCUT2D eigenvalue weighted by Crippen LogP contribution is 2.25. The molecule has 0 aliphatic carbocycles. The molecular formula is C13H18BrNO. The van der Waals surface area contributed by atoms with Crippen molar-refractivity contribution >= 4 is 21.6 Å². The summed E-state index contributed by atoms with van der Waals surface area (Å²) < 4.78 is 6.89. The maximum absolute atomic E-state index is 5.78. The monoisotopic (exact) mass is 283 g/mol. The molecule has 16 heavy (non-hydrogen) atoms. The van der Waals surface area contributed by atoms with Crippen LogP contribution in [-0.4, -0.2) is 18.8 Å². The third-order valence-electron chi connectivity index (χ3n) is 2.96. The van der Waals surface area contributed by atoms with Gasteiger partial charge in [-0.2, -0.15) is 0 Å². The van der Waals surface area contributed by atoms with Crippen molar-refractivity contribution in [3.05, 3.63) is 28.2 Å². The largest absolute Gasteiger partial charge is 0.382 e. The zero-order valence-electron chi connectivity index (χ0n) is 9.79. The second-order valence-electron chi connectivity index (χ2n) is 4.51. The van der Waals surface area contributed by atoms with Gasteiger partial charge in [-0.05, 0) is 60.3 Å². The van der Waals surface area contributed by atoms with Crippen LogP contribution in [0.2, 0.25) is 0 Å². The molecule has 0 aromatic heterocycles. The van der Waals surface area contributed by atoms with E-state index in [2.05, 4.69) is 53.3 Å². The van der Waals surface area contributed by atoms with Gasteiger partial charge < -0.3 is 10.1 Å². The van der Waals surface area contributed by atoms with Gasteiger partial charge in [-0.15, -0.1) is 0 Å². The van der Waals surface area contributed by atoms with Gasteiger partial charge in [0.2, 0.25) is 0 Å². The number of ether oxygens (including phenoxy) is 1. The Bertz CT molecular complexity index is 367. The van der Waals surface area contributed by atoms with Gasteiger partial charge in [0.1, 0.15) is 0 Å². The summed E-state index contributed by atoms with van der Waals surface area (Å²) in [5.41, 5.74) is 2.43. The maximum atomic E-state index is 5.78. The van der Waals surface area contributed by atoms with Gasteiger partial charge in [0.05, 0.1) is 12.2 Å². The minimum atomic E-state index is 0.363. The maximum Gasteiger partial charge on any atom is 0.0751 e. The highest BCUT2D eigenvalue weighted by molar-refractivity contribution is 9.10. The van der Waals surface area contributed by atoms with Crippen LogP contribution >= 0.6 is 15.9 Å². The van der Waals surface area contributed by atoms with E-state index in [1.54, 1.807) is 0 Å². The summed E-state index contributed by atoms with van der Waals surface area (Å²) in [7, 11) is 0. The van der Waals surface area contributed by atoms with E-state index in [1.807, 2.05) is 0 Å². The Morgan fingerprint density at radius 3 is 2.94 bits per heavy atom. The van der Waals surface area contributed by atoms with Crippen molar-refractivity contribution in [2.75, 3.05) is 11.9 Å². The molecule has 1 aromatic rings. The molecule has 2 rings (SSSR count). The van der Waals surface area contributed by atoms with Crippen LogP contribution in [0.1, 0.15) is 25.3 Å². The van der Waals surface area contributed by atoms with E-state index in [1.165, 1.54) is 12.0 Å². The highest BCUT2D eigenvalue weighted by Gasteiger charge is 2.21. The average molecular weight is 284 g/mol. The van der Waals surface area contributed by atoms with E-state index >= 15 is 0 Å². The third-order valence-corrected chi connectivity index (χ3v) is 3.65. The molecule has 1 aromatic carbocycles. The van der Waals surface area contributed by atoms with Gasteiger partial charge in [-0.3, -0.25) is 0 Å². The summed E-state index contributed by atoms with van der Waals surface area (Å²) >= 11 is 3.55. The average Bonchev–Trinajstić information content (AvgIpc) is 2.66. The summed E-state index contributed by atoms with van der Waals surface area (Å²) in [6.07, 6.45) is 3.13. The lowest BCUT2D eigenvalue weighted by molar-refractivity contribution is 0.0637. The lowest BCUT2D eigenvalue weighted by Crippen LogP contribution is -2.19. The van der Waals surface area contributed by atoms with Crippen LogP contribution in [0.3, 0.4) is 0 Å². The van der Waals surface area contributed by atoms with Crippen molar-refractivity contribution in [3.63, 3.8) is 0 Å². The molecular weight excluding hydrogens is 266 g/mol. The van der Waals surface area contributed by atoms with Gasteiger partial charge in [-0.1, -0.05) is 6.07 Å². The Morgan fingerprint density at radius 2 is 2.25 bits per heavy atom. The van der Waals surface area contributed by atoms with Crippen LogP contribution in [0.15, 0.2) is 22.7 Å². The summed E-state index contributed by atoms with van der Waals surface area (Å²) in [6.45, 7) is 5.14. The Kier molecular flexibility index (Phi) is 3.87. The second-order valence-corrected chi connectivity index (χ2v) is 5.36. The lowest BCUT2D eigenvalue weighted by atomic mass is 10.2. The number of hydrogen-bond acceptors (Lipinski definition) is 2. The second kappa shape index (κ2) is 5.19. The zero-order valence-corrected chi connectivity index (χ0v) is 11.4. The molecule has 3 heteroatoms. The predicted molar refractivity (Wildman–Crippen MR) is 70.9 cm³/mol. The molecule has 1 heterocycles. The molecule has 0 amide bonds. The fourth-order valence-electron chi connectivity index (χ4n) is 2.03. The number of hydrogen-bond donors (Lipinski definition) is 1. The Hall–Kier alpha value is -0.540. The van der Waals surface area contributed by atoms with Crippen molar-refractivity contribution in [2.24, 2.45) is 0 Å². The molecule has 1 saturated heterocycles. The number of aryl methyl sites for hydroxylation is 1. The summed E-state index contributed by atoms with van der Waals surface area (Å²) in [5, 5.41) is 3.44. The number of halogens is 1. The van der Waals surface area contributed by atoms with Crippen LogP contribution in [0, 0.1) is 6.92 Å². The van der Waals surface area contributed by atoms with Crippen LogP contribution in [0.25, 0.3) is 0 Å². The standard InChI is InChI=1S/C13H18BrNO/c1-9-3-6-12(14)13(7-9)15-8-11-5-4-10(2)16-11/h3,6-7,10-11,15H,4-5,8H2,1-2H3. The van der Waals surface area contributed by atoms with Gasteiger partial charge in [0, 0.05) is 16.7 Å². The molecule has 88 valence electrons. The van der Waals surface area contributed by atoms with E-state index < -0.39 is 0 Å². The molecule has 1 aliphatic heterocycles. The SMILES string of the molecule is Cc1ccc(Br)c(NCC2CCC(C)O2)c1. The predicted octanol–water partition coefficient (Wildman–Crippen LogP) is 3.74. The molecule has 0 saturated carbocycles. The van der Waals surface area contributed by atoms with Crippen molar-refractivity contribution in [2.45, 2.75) is 38.9 Å². The number of rotatable bonds is 3. The van der Waals surface area contributed by atoms with Crippen LogP contribution in [0.5, 0.6) is 0 Å². The Labute approximate surface area is 106 Å². The van der Waals surface area contributed by atoms with E-state index in [9.17, 15) is 0 Å². The Morgan fingerprint density at radius 1 is 1.44 bits per heavy atom. The van der Waals surface area contributed by atoms with Gasteiger partial charge in [0.15, 0.2) is 0 Å². The topological polar surface area (TPSA) is 21.3 Å². The Balaban J connectivity index is 1.91. The molecule has 2 atom stereocenters. The van der Waals surface area contributed by atoms with E-state index in [0.717, 1.165) is 23.1 Å². The zero-order chi connectivity index (χ0) is 11.5. The number of benzene rings is 1. The fourth-order valence-corrected chi connectivity index (χ4v) is 2.42. The van der Waals surface area contributed by atoms with Crippen LogP contribution in [0.4, 0.5) is 5.69 Å². The summed E-state index contributed by atoms with van der Waals surface area (Å²) in [5.74, 6) is 0. The minimum absolute atomic E-state index is 0.363. The molecule has 0 radical (unpaired) electrons. The molecule has 0 bridgehead atoms. The molecule has 1 N–H and O–H groups in total. The van der Waals surface area contributed by atoms with Crippen molar-refractivity contribution in [1.82, 2.24) is 0 Å². The van der Waals surface area contributed by atoms with Gasteiger partial charge in [0.25, 0.3) is 0 Å². The lowest BCUT2D eigenvalue weighted by Gasteiger charge is -2.14. The highest BCUT2D eigenvalue weighted by atomic mass is 79.9. The first kappa shape index (κ1) is 11.9. The van der Waals surface area contributed by atoms with E-state index in [-0.39, 0.29) is 0 Å². The number of nitrogens with one attached hydrogen (secondary N) is 1. The van der Waals surface area contributed by atoms with Gasteiger partial charge >= 0.3 is 0 Å². The fraction of sp³-hybridized carbons (Fsp3) is 0.538. The smallest absolute Gasteiger partial charge is 0.0751 e. The minimum Gasteiger partial charge on any atom is -0.382 e. The quantitative estimate of drug-likeness (QED) is 0.913. The van der Waals surface area contributed by atoms with Crippen molar-refractivity contribution < 1.29 is 4.74 Å². The molecule has 0 spiro atoms. The van der Waals surface area contributed by atoms with Crippen molar-refractivity contribution in [1.29, 1.82) is 0 Å². The first-order chi connectivity index (χ1) is 7.65. The van der Waals surface area contributed by atoms with Crippen LogP contribution in [-0.2, 0) is 4.74 Å². The third kappa shape index (κ3) is 2.98. The van der Waals surface area contributed by atoms with Gasteiger partial charge in [-0.25, -0.2) is 0 Å². The number of anilines is 1. The summed E-state index contributed by atoms with van der Waals surface area (Å²) in [6, 6.07) is 6.33. The van der Waals surface area contributed by atoms with Crippen LogP contribution < -0.4 is 5.32 Å². The van der Waals surface area contributed by atoms with Crippen molar-refractivity contribution in [3.8, 4) is 0 Å².